The van der Waals surface area contributed by atoms with Crippen LogP contribution in [0.5, 0.6) is 23.0 Å². The second kappa shape index (κ2) is 8.14. The van der Waals surface area contributed by atoms with E-state index >= 15 is 0 Å². The molecule has 2 heterocycles. The van der Waals surface area contributed by atoms with Gasteiger partial charge in [0.25, 0.3) is 5.56 Å². The van der Waals surface area contributed by atoms with E-state index in [-0.39, 0.29) is 11.4 Å². The SMILES string of the molecule is COc1ccc(CNc2nccn(-c3ccc4c(c3)OCCO4)c2=O)cc1OC. The van der Waals surface area contributed by atoms with Crippen LogP contribution in [0.1, 0.15) is 5.56 Å². The van der Waals surface area contributed by atoms with Gasteiger partial charge in [0.2, 0.25) is 0 Å². The van der Waals surface area contributed by atoms with Crippen LogP contribution in [0.2, 0.25) is 0 Å². The molecule has 0 unspecified atom stereocenters. The molecule has 0 fully saturated rings. The van der Waals surface area contributed by atoms with E-state index in [0.717, 1.165) is 5.56 Å². The van der Waals surface area contributed by atoms with Gasteiger partial charge >= 0.3 is 0 Å². The lowest BCUT2D eigenvalue weighted by molar-refractivity contribution is 0.171. The molecule has 4 rings (SSSR count). The molecule has 1 aliphatic heterocycles. The molecule has 0 spiro atoms. The third kappa shape index (κ3) is 3.82. The number of benzene rings is 2. The monoisotopic (exact) mass is 395 g/mol. The molecule has 2 aromatic carbocycles. The van der Waals surface area contributed by atoms with Crippen molar-refractivity contribution in [1.29, 1.82) is 0 Å². The summed E-state index contributed by atoms with van der Waals surface area (Å²) in [7, 11) is 3.17. The third-order valence-electron chi connectivity index (χ3n) is 4.55. The van der Waals surface area contributed by atoms with E-state index in [0.29, 0.717) is 48.4 Å². The molecule has 0 saturated heterocycles. The fraction of sp³-hybridized carbons (Fsp3) is 0.238. The Balaban J connectivity index is 1.57. The highest BCUT2D eigenvalue weighted by atomic mass is 16.6. The minimum absolute atomic E-state index is 0.247. The Morgan fingerprint density at radius 2 is 1.83 bits per heavy atom. The van der Waals surface area contributed by atoms with E-state index in [9.17, 15) is 4.79 Å². The van der Waals surface area contributed by atoms with Crippen LogP contribution in [-0.2, 0) is 6.54 Å². The molecule has 0 aliphatic carbocycles. The van der Waals surface area contributed by atoms with E-state index in [1.165, 1.54) is 4.57 Å². The van der Waals surface area contributed by atoms with E-state index < -0.39 is 0 Å². The minimum Gasteiger partial charge on any atom is -0.493 e. The molecule has 150 valence electrons. The van der Waals surface area contributed by atoms with Crippen molar-refractivity contribution in [3.8, 4) is 28.7 Å². The Hall–Kier alpha value is -3.68. The zero-order valence-electron chi connectivity index (χ0n) is 16.2. The standard InChI is InChI=1S/C21H21N3O5/c1-26-16-5-3-14(11-18(16)27-2)13-23-20-21(25)24(8-7-22-20)15-4-6-17-19(12-15)29-10-9-28-17/h3-8,11-12H,9-10,13H2,1-2H3,(H,22,23). The van der Waals surface area contributed by atoms with Gasteiger partial charge in [0, 0.05) is 25.0 Å². The van der Waals surface area contributed by atoms with Gasteiger partial charge in [-0.25, -0.2) is 4.98 Å². The first kappa shape index (κ1) is 18.7. The van der Waals surface area contributed by atoms with Gasteiger partial charge in [-0.05, 0) is 29.8 Å². The van der Waals surface area contributed by atoms with Crippen molar-refractivity contribution < 1.29 is 18.9 Å². The summed E-state index contributed by atoms with van der Waals surface area (Å²) in [5, 5.41) is 3.09. The first-order valence-electron chi connectivity index (χ1n) is 9.12. The number of ether oxygens (including phenoxy) is 4. The number of nitrogens with zero attached hydrogens (tertiary/aromatic N) is 2. The van der Waals surface area contributed by atoms with E-state index in [1.54, 1.807) is 38.7 Å². The first-order valence-corrected chi connectivity index (χ1v) is 9.12. The second-order valence-corrected chi connectivity index (χ2v) is 6.32. The fourth-order valence-corrected chi connectivity index (χ4v) is 3.09. The quantitative estimate of drug-likeness (QED) is 0.687. The average Bonchev–Trinajstić information content (AvgIpc) is 2.77. The second-order valence-electron chi connectivity index (χ2n) is 6.32. The van der Waals surface area contributed by atoms with Crippen molar-refractivity contribution in [2.75, 3.05) is 32.8 Å². The third-order valence-corrected chi connectivity index (χ3v) is 4.55. The molecular weight excluding hydrogens is 374 g/mol. The van der Waals surface area contributed by atoms with Crippen molar-refractivity contribution in [2.45, 2.75) is 6.54 Å². The number of rotatable bonds is 6. The Morgan fingerprint density at radius 1 is 1.03 bits per heavy atom. The number of methoxy groups -OCH3 is 2. The van der Waals surface area contributed by atoms with Crippen LogP contribution in [0.15, 0.2) is 53.6 Å². The molecule has 8 heteroatoms. The van der Waals surface area contributed by atoms with Gasteiger partial charge < -0.3 is 24.3 Å². The lowest BCUT2D eigenvalue weighted by atomic mass is 10.2. The predicted octanol–water partition coefficient (Wildman–Crippen LogP) is 2.63. The van der Waals surface area contributed by atoms with Crippen LogP contribution < -0.4 is 29.8 Å². The van der Waals surface area contributed by atoms with Crippen LogP contribution in [-0.4, -0.2) is 37.0 Å². The summed E-state index contributed by atoms with van der Waals surface area (Å²) >= 11 is 0. The number of nitrogens with one attached hydrogen (secondary N) is 1. The summed E-state index contributed by atoms with van der Waals surface area (Å²) in [6.07, 6.45) is 3.20. The van der Waals surface area contributed by atoms with Crippen LogP contribution >= 0.6 is 0 Å². The lowest BCUT2D eigenvalue weighted by Crippen LogP contribution is -2.23. The van der Waals surface area contributed by atoms with E-state index in [2.05, 4.69) is 10.3 Å². The lowest BCUT2D eigenvalue weighted by Gasteiger charge is -2.19. The number of aromatic nitrogens is 2. The number of anilines is 1. The molecular formula is C21H21N3O5. The summed E-state index contributed by atoms with van der Waals surface area (Å²) in [4.78, 5) is 17.1. The normalized spacial score (nSPS) is 12.3. The maximum Gasteiger partial charge on any atom is 0.297 e. The van der Waals surface area contributed by atoms with Gasteiger partial charge in [0.05, 0.1) is 19.9 Å². The molecule has 3 aromatic rings. The van der Waals surface area contributed by atoms with Gasteiger partial charge in [0.1, 0.15) is 13.2 Å². The Labute approximate surface area is 167 Å². The molecule has 8 nitrogen and oxygen atoms in total. The summed E-state index contributed by atoms with van der Waals surface area (Å²) in [5.74, 6) is 2.82. The van der Waals surface area contributed by atoms with Gasteiger partial charge in [-0.2, -0.15) is 0 Å². The Kier molecular flexibility index (Phi) is 5.24. The van der Waals surface area contributed by atoms with Crippen molar-refractivity contribution in [3.05, 3.63) is 64.7 Å². The van der Waals surface area contributed by atoms with Crippen LogP contribution in [0, 0.1) is 0 Å². The maximum absolute atomic E-state index is 12.9. The molecule has 0 bridgehead atoms. The zero-order chi connectivity index (χ0) is 20.2. The molecule has 29 heavy (non-hydrogen) atoms. The molecule has 0 saturated carbocycles. The molecule has 0 radical (unpaired) electrons. The Bertz CT molecular complexity index is 1080. The van der Waals surface area contributed by atoms with E-state index in [1.807, 2.05) is 24.3 Å². The van der Waals surface area contributed by atoms with Crippen LogP contribution in [0.25, 0.3) is 5.69 Å². The largest absolute Gasteiger partial charge is 0.493 e. The summed E-state index contributed by atoms with van der Waals surface area (Å²) in [5.41, 5.74) is 1.35. The number of hydrogen-bond donors (Lipinski definition) is 1. The van der Waals surface area contributed by atoms with E-state index in [4.69, 9.17) is 18.9 Å². The molecule has 1 aliphatic rings. The summed E-state index contributed by atoms with van der Waals surface area (Å²) < 4.78 is 23.2. The summed E-state index contributed by atoms with van der Waals surface area (Å²) in [6, 6.07) is 11.0. The number of fused-ring (bicyclic) bond motifs is 1. The smallest absolute Gasteiger partial charge is 0.297 e. The molecule has 0 amide bonds. The van der Waals surface area contributed by atoms with Crippen LogP contribution in [0.4, 0.5) is 5.82 Å². The predicted molar refractivity (Wildman–Crippen MR) is 108 cm³/mol. The fourth-order valence-electron chi connectivity index (χ4n) is 3.09. The molecule has 1 N–H and O–H groups in total. The number of hydrogen-bond acceptors (Lipinski definition) is 7. The minimum atomic E-state index is -0.260. The highest BCUT2D eigenvalue weighted by molar-refractivity contribution is 5.50. The van der Waals surface area contributed by atoms with Crippen molar-refractivity contribution in [1.82, 2.24) is 9.55 Å². The van der Waals surface area contributed by atoms with Crippen molar-refractivity contribution in [3.63, 3.8) is 0 Å². The topological polar surface area (TPSA) is 83.8 Å². The van der Waals surface area contributed by atoms with Crippen LogP contribution in [0.3, 0.4) is 0 Å². The zero-order valence-corrected chi connectivity index (χ0v) is 16.2. The molecule has 0 atom stereocenters. The Morgan fingerprint density at radius 3 is 2.62 bits per heavy atom. The van der Waals surface area contributed by atoms with Crippen molar-refractivity contribution in [2.24, 2.45) is 0 Å². The van der Waals surface area contributed by atoms with Gasteiger partial charge in [-0.1, -0.05) is 6.07 Å². The maximum atomic E-state index is 12.9. The van der Waals surface area contributed by atoms with Gasteiger partial charge in [0.15, 0.2) is 28.8 Å². The highest BCUT2D eigenvalue weighted by Crippen LogP contribution is 2.31. The van der Waals surface area contributed by atoms with Gasteiger partial charge in [-0.15, -0.1) is 0 Å². The average molecular weight is 395 g/mol. The first-order chi connectivity index (χ1) is 14.2. The summed E-state index contributed by atoms with van der Waals surface area (Å²) in [6.45, 7) is 1.42. The van der Waals surface area contributed by atoms with Crippen molar-refractivity contribution >= 4 is 5.82 Å². The highest BCUT2D eigenvalue weighted by Gasteiger charge is 2.14. The molecule has 1 aromatic heterocycles. The van der Waals surface area contributed by atoms with Gasteiger partial charge in [-0.3, -0.25) is 9.36 Å².